The Hall–Kier alpha value is -1.91. The van der Waals surface area contributed by atoms with Crippen LogP contribution in [0.4, 0.5) is 0 Å². The highest BCUT2D eigenvalue weighted by Crippen LogP contribution is 2.30. The van der Waals surface area contributed by atoms with Gasteiger partial charge in [-0.25, -0.2) is 4.79 Å². The Kier molecular flexibility index (Phi) is 3.66. The molecule has 0 unspecified atom stereocenters. The molecule has 5 heteroatoms. The number of benzene rings is 1. The Morgan fingerprint density at radius 2 is 2.29 bits per heavy atom. The van der Waals surface area contributed by atoms with E-state index in [2.05, 4.69) is 11.9 Å². The molecule has 1 aliphatic heterocycles. The predicted molar refractivity (Wildman–Crippen MR) is 83.5 cm³/mol. The van der Waals surface area contributed by atoms with E-state index in [9.17, 15) is 4.79 Å². The second kappa shape index (κ2) is 5.47. The first kappa shape index (κ1) is 14.0. The molecule has 0 saturated heterocycles. The van der Waals surface area contributed by atoms with Crippen LogP contribution in [-0.4, -0.2) is 34.6 Å². The standard InChI is InChI=1S/C16H15ClN2O2/c1-19-7-6-15-13(9-19)11(3-5-16(20)21)12-8-10(17)2-4-14(12)18-15/h2-5,8H,6-7,9H2,1H3,(H,20,21)/b5-3+. The predicted octanol–water partition coefficient (Wildman–Crippen LogP) is 2.97. The minimum atomic E-state index is -0.958. The fourth-order valence-corrected chi connectivity index (χ4v) is 2.90. The van der Waals surface area contributed by atoms with Crippen LogP contribution in [0, 0.1) is 0 Å². The van der Waals surface area contributed by atoms with E-state index in [1.165, 1.54) is 6.08 Å². The summed E-state index contributed by atoms with van der Waals surface area (Å²) < 4.78 is 0. The van der Waals surface area contributed by atoms with Crippen LogP contribution in [0.2, 0.25) is 5.02 Å². The fourth-order valence-electron chi connectivity index (χ4n) is 2.73. The van der Waals surface area contributed by atoms with E-state index in [4.69, 9.17) is 21.7 Å². The monoisotopic (exact) mass is 302 g/mol. The number of carboxylic acids is 1. The first-order valence-electron chi connectivity index (χ1n) is 6.75. The van der Waals surface area contributed by atoms with Crippen molar-refractivity contribution in [2.75, 3.05) is 13.6 Å². The number of hydrogen-bond acceptors (Lipinski definition) is 3. The molecule has 4 nitrogen and oxygen atoms in total. The van der Waals surface area contributed by atoms with Crippen molar-refractivity contribution in [2.24, 2.45) is 0 Å². The average Bonchev–Trinajstić information content (AvgIpc) is 2.44. The highest BCUT2D eigenvalue weighted by molar-refractivity contribution is 6.31. The van der Waals surface area contributed by atoms with Crippen LogP contribution in [0.3, 0.4) is 0 Å². The van der Waals surface area contributed by atoms with E-state index >= 15 is 0 Å². The first-order valence-corrected chi connectivity index (χ1v) is 7.13. The van der Waals surface area contributed by atoms with Crippen molar-refractivity contribution in [3.05, 3.63) is 46.1 Å². The van der Waals surface area contributed by atoms with Gasteiger partial charge in [-0.15, -0.1) is 0 Å². The van der Waals surface area contributed by atoms with Gasteiger partial charge in [0.25, 0.3) is 0 Å². The Labute approximate surface area is 127 Å². The molecule has 0 spiro atoms. The number of fused-ring (bicyclic) bond motifs is 2. The molecule has 0 aliphatic carbocycles. The molecule has 0 fully saturated rings. The molecule has 2 heterocycles. The van der Waals surface area contributed by atoms with E-state index in [0.717, 1.165) is 47.2 Å². The molecule has 0 atom stereocenters. The summed E-state index contributed by atoms with van der Waals surface area (Å²) in [6.07, 6.45) is 3.70. The van der Waals surface area contributed by atoms with Crippen molar-refractivity contribution in [2.45, 2.75) is 13.0 Å². The van der Waals surface area contributed by atoms with E-state index in [0.29, 0.717) is 5.02 Å². The minimum absolute atomic E-state index is 0.624. The number of carboxylic acid groups (broad SMARTS) is 1. The lowest BCUT2D eigenvalue weighted by atomic mass is 9.95. The van der Waals surface area contributed by atoms with Gasteiger partial charge in [0.15, 0.2) is 0 Å². The summed E-state index contributed by atoms with van der Waals surface area (Å²) in [5.74, 6) is -0.958. The zero-order valence-electron chi connectivity index (χ0n) is 11.6. The van der Waals surface area contributed by atoms with Crippen LogP contribution in [0.15, 0.2) is 24.3 Å². The molecular formula is C16H15ClN2O2. The van der Waals surface area contributed by atoms with Crippen LogP contribution in [0.25, 0.3) is 17.0 Å². The Morgan fingerprint density at radius 1 is 1.48 bits per heavy atom. The lowest BCUT2D eigenvalue weighted by molar-refractivity contribution is -0.131. The van der Waals surface area contributed by atoms with Crippen LogP contribution in [0.5, 0.6) is 0 Å². The molecule has 1 aromatic carbocycles. The van der Waals surface area contributed by atoms with Crippen LogP contribution >= 0.6 is 11.6 Å². The van der Waals surface area contributed by atoms with Gasteiger partial charge in [0.2, 0.25) is 0 Å². The summed E-state index contributed by atoms with van der Waals surface area (Å²) in [4.78, 5) is 17.8. The third-order valence-corrected chi connectivity index (χ3v) is 3.96. The number of nitrogens with zero attached hydrogens (tertiary/aromatic N) is 2. The Balaban J connectivity index is 2.29. The van der Waals surface area contributed by atoms with E-state index < -0.39 is 5.97 Å². The number of halogens is 1. The molecule has 0 saturated carbocycles. The lowest BCUT2D eigenvalue weighted by Crippen LogP contribution is -2.28. The van der Waals surface area contributed by atoms with Gasteiger partial charge >= 0.3 is 5.97 Å². The third kappa shape index (κ3) is 2.77. The van der Waals surface area contributed by atoms with Crippen molar-refractivity contribution >= 4 is 34.5 Å². The second-order valence-electron chi connectivity index (χ2n) is 5.27. The molecule has 0 amide bonds. The second-order valence-corrected chi connectivity index (χ2v) is 5.71. The maximum absolute atomic E-state index is 10.9. The minimum Gasteiger partial charge on any atom is -0.478 e. The Morgan fingerprint density at radius 3 is 3.05 bits per heavy atom. The molecular weight excluding hydrogens is 288 g/mol. The van der Waals surface area contributed by atoms with Gasteiger partial charge in [-0.1, -0.05) is 11.6 Å². The van der Waals surface area contributed by atoms with Gasteiger partial charge in [-0.3, -0.25) is 4.98 Å². The van der Waals surface area contributed by atoms with E-state index in [1.54, 1.807) is 6.08 Å². The molecule has 108 valence electrons. The number of rotatable bonds is 2. The van der Waals surface area contributed by atoms with E-state index in [-0.39, 0.29) is 0 Å². The largest absolute Gasteiger partial charge is 0.478 e. The molecule has 1 aliphatic rings. The molecule has 1 N–H and O–H groups in total. The third-order valence-electron chi connectivity index (χ3n) is 3.73. The van der Waals surface area contributed by atoms with Gasteiger partial charge < -0.3 is 10.0 Å². The maximum atomic E-state index is 10.9. The van der Waals surface area contributed by atoms with Gasteiger partial charge in [0.1, 0.15) is 0 Å². The number of likely N-dealkylation sites (N-methyl/N-ethyl adjacent to an activating group) is 1. The van der Waals surface area contributed by atoms with Crippen molar-refractivity contribution in [1.29, 1.82) is 0 Å². The number of aliphatic carboxylic acids is 1. The molecule has 3 rings (SSSR count). The normalized spacial score (nSPS) is 15.5. The van der Waals surface area contributed by atoms with Gasteiger partial charge in [-0.2, -0.15) is 0 Å². The zero-order valence-corrected chi connectivity index (χ0v) is 12.4. The molecule has 0 bridgehead atoms. The molecule has 21 heavy (non-hydrogen) atoms. The summed E-state index contributed by atoms with van der Waals surface area (Å²) >= 11 is 6.09. The summed E-state index contributed by atoms with van der Waals surface area (Å²) in [5.41, 5.74) is 3.91. The maximum Gasteiger partial charge on any atom is 0.328 e. The average molecular weight is 303 g/mol. The van der Waals surface area contributed by atoms with Crippen LogP contribution < -0.4 is 0 Å². The van der Waals surface area contributed by atoms with Crippen molar-refractivity contribution in [1.82, 2.24) is 9.88 Å². The van der Waals surface area contributed by atoms with Gasteiger partial charge in [0.05, 0.1) is 5.52 Å². The van der Waals surface area contributed by atoms with Gasteiger partial charge in [0, 0.05) is 41.7 Å². The molecule has 1 aromatic heterocycles. The number of carbonyl (C=O) groups is 1. The fraction of sp³-hybridized carbons (Fsp3) is 0.250. The number of aromatic nitrogens is 1. The highest BCUT2D eigenvalue weighted by atomic mass is 35.5. The van der Waals surface area contributed by atoms with E-state index in [1.807, 2.05) is 18.2 Å². The zero-order chi connectivity index (χ0) is 15.0. The van der Waals surface area contributed by atoms with Crippen molar-refractivity contribution in [3.63, 3.8) is 0 Å². The van der Waals surface area contributed by atoms with Gasteiger partial charge in [-0.05, 0) is 42.4 Å². The topological polar surface area (TPSA) is 53.4 Å². The molecule has 2 aromatic rings. The van der Waals surface area contributed by atoms with Crippen LogP contribution in [0.1, 0.15) is 16.8 Å². The number of hydrogen-bond donors (Lipinski definition) is 1. The highest BCUT2D eigenvalue weighted by Gasteiger charge is 2.19. The van der Waals surface area contributed by atoms with Crippen LogP contribution in [-0.2, 0) is 17.8 Å². The number of pyridine rings is 1. The Bertz CT molecular complexity index is 756. The summed E-state index contributed by atoms with van der Waals surface area (Å²) in [5, 5.41) is 10.4. The first-order chi connectivity index (χ1) is 10.0. The summed E-state index contributed by atoms with van der Waals surface area (Å²) in [6.45, 7) is 1.73. The summed E-state index contributed by atoms with van der Waals surface area (Å²) in [6, 6.07) is 5.54. The van der Waals surface area contributed by atoms with Crippen molar-refractivity contribution in [3.8, 4) is 0 Å². The quantitative estimate of drug-likeness (QED) is 0.867. The SMILES string of the molecule is CN1CCc2nc3ccc(Cl)cc3c(/C=C/C(=O)O)c2C1. The van der Waals surface area contributed by atoms with Crippen molar-refractivity contribution < 1.29 is 9.90 Å². The smallest absolute Gasteiger partial charge is 0.328 e. The molecule has 0 radical (unpaired) electrons. The summed E-state index contributed by atoms with van der Waals surface area (Å²) in [7, 11) is 2.05. The lowest BCUT2D eigenvalue weighted by Gasteiger charge is -2.26.